The molecule has 3 aromatic carbocycles. The van der Waals surface area contributed by atoms with Crippen LogP contribution in [0.25, 0.3) is 76.4 Å². The Balaban J connectivity index is 1.12. The lowest BCUT2D eigenvalue weighted by Crippen LogP contribution is -2.13. The monoisotopic (exact) mass is 734 g/mol. The van der Waals surface area contributed by atoms with Crippen molar-refractivity contribution in [3.8, 4) is 66.5 Å². The smallest absolute Gasteiger partial charge is 0.346 e. The van der Waals surface area contributed by atoms with Crippen LogP contribution in [0, 0.1) is 11.3 Å². The predicted octanol–water partition coefficient (Wildman–Crippen LogP) is 11.4. The van der Waals surface area contributed by atoms with Crippen LogP contribution in [0.1, 0.15) is 29.9 Å². The number of fused-ring (bicyclic) bond motifs is 6. The number of carbonyl (C=O) groups is 1. The van der Waals surface area contributed by atoms with Crippen molar-refractivity contribution < 1.29 is 28.2 Å². The van der Waals surface area contributed by atoms with Gasteiger partial charge in [0.2, 0.25) is 0 Å². The minimum Gasteiger partial charge on any atom is -0.477 e. The molecule has 260 valence electrons. The quantitative estimate of drug-likeness (QED) is 0.122. The van der Waals surface area contributed by atoms with Crippen LogP contribution in [0.5, 0.6) is 11.9 Å². The summed E-state index contributed by atoms with van der Waals surface area (Å²) in [5.41, 5.74) is 8.04. The number of ether oxygens (including phenoxy) is 2. The van der Waals surface area contributed by atoms with Crippen LogP contribution in [-0.4, -0.2) is 29.9 Å². The van der Waals surface area contributed by atoms with E-state index in [2.05, 4.69) is 85.1 Å². The Bertz CT molecular complexity index is 2730. The number of nitrogens with zero attached hydrogens (tertiary/aromatic N) is 2. The topological polar surface area (TPSA) is 111 Å². The zero-order chi connectivity index (χ0) is 36.6. The van der Waals surface area contributed by atoms with Gasteiger partial charge in [-0.25, -0.2) is 4.79 Å². The standard InChI is InChI=1S/C43H30N2O6S2/c1-43(2)31-20-28(17-26(22-44)42(46)47)52-40(31)41-32(43)21-37(53-41)23-5-9-27(10-6-23)45-33-11-7-24(35-13-15-38(48-3)50-35)18-29(33)30-19-25(8-12-34(30)45)36-14-16-39(49-4)51-36/h5-21H,1-4H3,(H,46,47)/b26-17+. The molecule has 0 radical (unpaired) electrons. The molecule has 8 aromatic rings. The van der Waals surface area contributed by atoms with E-state index >= 15 is 0 Å². The molecular formula is C43H30N2O6S2. The summed E-state index contributed by atoms with van der Waals surface area (Å²) in [5, 5.41) is 20.8. The molecule has 1 N–H and O–H groups in total. The maximum absolute atomic E-state index is 11.5. The van der Waals surface area contributed by atoms with Crippen molar-refractivity contribution in [3.05, 3.63) is 119 Å². The first-order chi connectivity index (χ1) is 25.7. The number of benzene rings is 3. The number of methoxy groups -OCH3 is 2. The fourth-order valence-corrected chi connectivity index (χ4v) is 10.0. The Morgan fingerprint density at radius 3 is 1.83 bits per heavy atom. The third kappa shape index (κ3) is 5.19. The van der Waals surface area contributed by atoms with E-state index in [0.29, 0.717) is 11.9 Å². The molecule has 0 bridgehead atoms. The van der Waals surface area contributed by atoms with Crippen LogP contribution < -0.4 is 9.47 Å². The summed E-state index contributed by atoms with van der Waals surface area (Å²) in [4.78, 5) is 15.7. The SMILES string of the molecule is COc1ccc(-c2ccc3c(c2)c2cc(-c4ccc(OC)o4)ccc2n3-c2ccc(-c3cc4c(s3)-c3sc(/C=C(\C#N)C(=O)O)cc3C4(C)C)cc2)o1. The third-order valence-corrected chi connectivity index (χ3v) is 12.4. The summed E-state index contributed by atoms with van der Waals surface area (Å²) in [5.74, 6) is 1.14. The molecule has 1 aliphatic rings. The highest BCUT2D eigenvalue weighted by atomic mass is 32.1. The molecule has 0 spiro atoms. The second-order valence-electron chi connectivity index (χ2n) is 13.3. The summed E-state index contributed by atoms with van der Waals surface area (Å²) >= 11 is 3.28. The maximum atomic E-state index is 11.5. The molecule has 1 aliphatic carbocycles. The van der Waals surface area contributed by atoms with E-state index in [1.54, 1.807) is 31.6 Å². The van der Waals surface area contributed by atoms with E-state index in [9.17, 15) is 15.2 Å². The van der Waals surface area contributed by atoms with Crippen LogP contribution in [0.15, 0.2) is 111 Å². The van der Waals surface area contributed by atoms with E-state index < -0.39 is 5.97 Å². The van der Waals surface area contributed by atoms with Gasteiger partial charge in [-0.1, -0.05) is 26.0 Å². The molecule has 5 aromatic heterocycles. The number of carboxylic acids is 1. The van der Waals surface area contributed by atoms with Crippen molar-refractivity contribution in [2.24, 2.45) is 0 Å². The molecule has 5 heterocycles. The number of nitriles is 1. The zero-order valence-electron chi connectivity index (χ0n) is 29.0. The van der Waals surface area contributed by atoms with Gasteiger partial charge in [-0.05, 0) is 95.6 Å². The van der Waals surface area contributed by atoms with Gasteiger partial charge in [-0.15, -0.1) is 22.7 Å². The highest BCUT2D eigenvalue weighted by molar-refractivity contribution is 7.24. The number of aliphatic carboxylic acids is 1. The summed E-state index contributed by atoms with van der Waals surface area (Å²) in [6.07, 6.45) is 1.47. The number of rotatable bonds is 8. The van der Waals surface area contributed by atoms with Gasteiger partial charge in [-0.2, -0.15) is 5.26 Å². The number of hydrogen-bond acceptors (Lipinski definition) is 8. The molecule has 0 saturated carbocycles. The molecular weight excluding hydrogens is 705 g/mol. The Morgan fingerprint density at radius 1 is 0.755 bits per heavy atom. The van der Waals surface area contributed by atoms with Crippen LogP contribution in [0.4, 0.5) is 0 Å². The van der Waals surface area contributed by atoms with E-state index in [-0.39, 0.29) is 11.0 Å². The highest BCUT2D eigenvalue weighted by Gasteiger charge is 2.39. The van der Waals surface area contributed by atoms with Gasteiger partial charge in [0, 0.05) is 64.6 Å². The molecule has 10 heteroatoms. The lowest BCUT2D eigenvalue weighted by atomic mass is 9.83. The first kappa shape index (κ1) is 32.6. The minimum absolute atomic E-state index is 0.250. The van der Waals surface area contributed by atoms with Crippen LogP contribution >= 0.6 is 22.7 Å². The van der Waals surface area contributed by atoms with Crippen molar-refractivity contribution in [2.45, 2.75) is 19.3 Å². The van der Waals surface area contributed by atoms with E-state index in [1.165, 1.54) is 27.9 Å². The summed E-state index contributed by atoms with van der Waals surface area (Å²) in [6.45, 7) is 4.40. The molecule has 0 amide bonds. The average molecular weight is 735 g/mol. The predicted molar refractivity (Wildman–Crippen MR) is 209 cm³/mol. The summed E-state index contributed by atoms with van der Waals surface area (Å²) in [7, 11) is 3.18. The van der Waals surface area contributed by atoms with Gasteiger partial charge >= 0.3 is 5.97 Å². The fourth-order valence-electron chi connectivity index (χ4n) is 7.26. The summed E-state index contributed by atoms with van der Waals surface area (Å²) < 4.78 is 24.7. The lowest BCUT2D eigenvalue weighted by Gasteiger charge is -2.19. The van der Waals surface area contributed by atoms with Crippen molar-refractivity contribution in [1.82, 2.24) is 4.57 Å². The Morgan fingerprint density at radius 2 is 1.30 bits per heavy atom. The first-order valence-electron chi connectivity index (χ1n) is 16.8. The van der Waals surface area contributed by atoms with Gasteiger partial charge in [0.1, 0.15) is 23.2 Å². The highest BCUT2D eigenvalue weighted by Crippen LogP contribution is 2.57. The molecule has 8 nitrogen and oxygen atoms in total. The van der Waals surface area contributed by atoms with Crippen molar-refractivity contribution >= 4 is 56.5 Å². The van der Waals surface area contributed by atoms with Gasteiger partial charge < -0.3 is 28.0 Å². The van der Waals surface area contributed by atoms with E-state index in [0.717, 1.165) is 75.9 Å². The Kier molecular flexibility index (Phi) is 7.48. The third-order valence-electron chi connectivity index (χ3n) is 9.98. The van der Waals surface area contributed by atoms with Crippen LogP contribution in [-0.2, 0) is 10.2 Å². The normalized spacial score (nSPS) is 13.3. The van der Waals surface area contributed by atoms with Crippen molar-refractivity contribution in [3.63, 3.8) is 0 Å². The average Bonchev–Trinajstić information content (AvgIpc) is 4.02. The summed E-state index contributed by atoms with van der Waals surface area (Å²) in [6, 6.07) is 34.9. The lowest BCUT2D eigenvalue weighted by molar-refractivity contribution is -0.132. The molecule has 0 fully saturated rings. The van der Waals surface area contributed by atoms with E-state index in [1.807, 2.05) is 30.3 Å². The second-order valence-corrected chi connectivity index (χ2v) is 15.5. The van der Waals surface area contributed by atoms with Gasteiger partial charge in [0.05, 0.1) is 25.3 Å². The number of carboxylic acid groups (broad SMARTS) is 1. The van der Waals surface area contributed by atoms with Gasteiger partial charge in [-0.3, -0.25) is 0 Å². The van der Waals surface area contributed by atoms with Gasteiger partial charge in [0.25, 0.3) is 11.9 Å². The fraction of sp³-hybridized carbons (Fsp3) is 0.116. The van der Waals surface area contributed by atoms with Crippen LogP contribution in [0.3, 0.4) is 0 Å². The molecule has 0 unspecified atom stereocenters. The van der Waals surface area contributed by atoms with Crippen molar-refractivity contribution in [2.75, 3.05) is 14.2 Å². The molecule has 0 atom stereocenters. The number of hydrogen-bond donors (Lipinski definition) is 1. The zero-order valence-corrected chi connectivity index (χ0v) is 30.6. The second kappa shape index (κ2) is 12.2. The van der Waals surface area contributed by atoms with E-state index in [4.69, 9.17) is 18.3 Å². The number of aromatic nitrogens is 1. The minimum atomic E-state index is -1.22. The molecule has 0 saturated heterocycles. The number of thiophene rings is 2. The first-order valence-corrected chi connectivity index (χ1v) is 18.4. The molecule has 9 rings (SSSR count). The Hall–Kier alpha value is -6.28. The van der Waals surface area contributed by atoms with Gasteiger partial charge in [0.15, 0.2) is 0 Å². The number of furan rings is 2. The Labute approximate surface area is 312 Å². The maximum Gasteiger partial charge on any atom is 0.346 e. The van der Waals surface area contributed by atoms with Crippen LogP contribution in [0.2, 0.25) is 0 Å². The molecule has 0 aliphatic heterocycles. The largest absolute Gasteiger partial charge is 0.477 e. The van der Waals surface area contributed by atoms with Crippen molar-refractivity contribution in [1.29, 1.82) is 5.26 Å². The molecule has 53 heavy (non-hydrogen) atoms.